The molecule has 0 saturated carbocycles. The highest BCUT2D eigenvalue weighted by atomic mass is 32.2. The van der Waals surface area contributed by atoms with Gasteiger partial charge in [0.25, 0.3) is 0 Å². The van der Waals surface area contributed by atoms with Crippen molar-refractivity contribution in [2.45, 2.75) is 24.9 Å². The van der Waals surface area contributed by atoms with Crippen molar-refractivity contribution in [2.75, 3.05) is 6.26 Å². The van der Waals surface area contributed by atoms with Crippen LogP contribution in [0.5, 0.6) is 0 Å². The van der Waals surface area contributed by atoms with Crippen molar-refractivity contribution in [3.63, 3.8) is 0 Å². The first-order valence-corrected chi connectivity index (χ1v) is 7.63. The highest BCUT2D eigenvalue weighted by Gasteiger charge is 2.06. The number of hydrogen-bond acceptors (Lipinski definition) is 6. The SMILES string of the molecule is Cc1nc(CNCc2ccc(S(C)(=O)=O)cc2)no1. The molecular formula is C12H15N3O3S. The van der Waals surface area contributed by atoms with E-state index in [4.69, 9.17) is 4.52 Å². The maximum absolute atomic E-state index is 11.3. The van der Waals surface area contributed by atoms with Crippen LogP contribution in [0.2, 0.25) is 0 Å². The van der Waals surface area contributed by atoms with E-state index in [9.17, 15) is 8.42 Å². The summed E-state index contributed by atoms with van der Waals surface area (Å²) in [5, 5.41) is 6.92. The van der Waals surface area contributed by atoms with E-state index in [1.165, 1.54) is 6.26 Å². The number of rotatable bonds is 5. The Morgan fingerprint density at radius 1 is 1.21 bits per heavy atom. The predicted octanol–water partition coefficient (Wildman–Crippen LogP) is 1.07. The Morgan fingerprint density at radius 2 is 1.89 bits per heavy atom. The van der Waals surface area contributed by atoms with Gasteiger partial charge in [-0.2, -0.15) is 4.98 Å². The number of aryl methyl sites for hydroxylation is 1. The van der Waals surface area contributed by atoms with Crippen LogP contribution in [-0.2, 0) is 22.9 Å². The number of benzene rings is 1. The lowest BCUT2D eigenvalue weighted by molar-refractivity contribution is 0.385. The molecule has 0 unspecified atom stereocenters. The fraction of sp³-hybridized carbons (Fsp3) is 0.333. The molecule has 102 valence electrons. The Hall–Kier alpha value is -1.73. The van der Waals surface area contributed by atoms with E-state index >= 15 is 0 Å². The summed E-state index contributed by atoms with van der Waals surface area (Å²) in [6.45, 7) is 2.85. The molecule has 0 aliphatic rings. The van der Waals surface area contributed by atoms with Gasteiger partial charge in [0.1, 0.15) is 0 Å². The lowest BCUT2D eigenvalue weighted by Gasteiger charge is -2.03. The first kappa shape index (κ1) is 13.7. The maximum atomic E-state index is 11.3. The molecule has 6 nitrogen and oxygen atoms in total. The van der Waals surface area contributed by atoms with E-state index in [0.29, 0.717) is 29.7 Å². The van der Waals surface area contributed by atoms with Gasteiger partial charge in [-0.1, -0.05) is 17.3 Å². The molecular weight excluding hydrogens is 266 g/mol. The third-order valence-electron chi connectivity index (χ3n) is 2.53. The Balaban J connectivity index is 1.90. The third kappa shape index (κ3) is 3.87. The molecule has 1 heterocycles. The second-order valence-electron chi connectivity index (χ2n) is 4.25. The number of aromatic nitrogens is 2. The molecule has 0 spiro atoms. The van der Waals surface area contributed by atoms with E-state index < -0.39 is 9.84 Å². The van der Waals surface area contributed by atoms with Crippen molar-refractivity contribution in [1.29, 1.82) is 0 Å². The quantitative estimate of drug-likeness (QED) is 0.882. The average Bonchev–Trinajstić information content (AvgIpc) is 2.75. The average molecular weight is 281 g/mol. The molecule has 0 amide bonds. The highest BCUT2D eigenvalue weighted by Crippen LogP contribution is 2.10. The third-order valence-corrected chi connectivity index (χ3v) is 3.66. The number of nitrogens with one attached hydrogen (secondary N) is 1. The topological polar surface area (TPSA) is 85.1 Å². The van der Waals surface area contributed by atoms with Gasteiger partial charge < -0.3 is 9.84 Å². The maximum Gasteiger partial charge on any atom is 0.223 e. The lowest BCUT2D eigenvalue weighted by atomic mass is 10.2. The summed E-state index contributed by atoms with van der Waals surface area (Å²) in [4.78, 5) is 4.39. The smallest absolute Gasteiger partial charge is 0.223 e. The molecule has 19 heavy (non-hydrogen) atoms. The summed E-state index contributed by atoms with van der Waals surface area (Å²) < 4.78 is 27.5. The number of hydrogen-bond donors (Lipinski definition) is 1. The van der Waals surface area contributed by atoms with Crippen LogP contribution < -0.4 is 5.32 Å². The zero-order valence-electron chi connectivity index (χ0n) is 10.8. The monoisotopic (exact) mass is 281 g/mol. The largest absolute Gasteiger partial charge is 0.340 e. The van der Waals surface area contributed by atoms with Gasteiger partial charge in [0.15, 0.2) is 15.7 Å². The zero-order chi connectivity index (χ0) is 13.9. The van der Waals surface area contributed by atoms with E-state index in [-0.39, 0.29) is 0 Å². The van der Waals surface area contributed by atoms with Crippen LogP contribution in [-0.4, -0.2) is 24.8 Å². The van der Waals surface area contributed by atoms with Gasteiger partial charge in [-0.3, -0.25) is 0 Å². The first-order chi connectivity index (χ1) is 8.95. The van der Waals surface area contributed by atoms with Crippen LogP contribution in [0.4, 0.5) is 0 Å². The standard InChI is InChI=1S/C12H15N3O3S/c1-9-14-12(15-18-9)8-13-7-10-3-5-11(6-4-10)19(2,16)17/h3-6,13H,7-8H2,1-2H3. The van der Waals surface area contributed by atoms with Crippen molar-refractivity contribution in [3.05, 3.63) is 41.5 Å². The van der Waals surface area contributed by atoms with E-state index in [1.807, 2.05) is 0 Å². The van der Waals surface area contributed by atoms with Crippen molar-refractivity contribution in [3.8, 4) is 0 Å². The van der Waals surface area contributed by atoms with Gasteiger partial charge in [0, 0.05) is 19.7 Å². The van der Waals surface area contributed by atoms with E-state index in [0.717, 1.165) is 5.56 Å². The Kier molecular flexibility index (Phi) is 3.96. The van der Waals surface area contributed by atoms with Crippen LogP contribution in [0, 0.1) is 6.92 Å². The molecule has 7 heteroatoms. The lowest BCUT2D eigenvalue weighted by Crippen LogP contribution is -2.13. The van der Waals surface area contributed by atoms with Crippen molar-refractivity contribution >= 4 is 9.84 Å². The van der Waals surface area contributed by atoms with Gasteiger partial charge in [-0.25, -0.2) is 8.42 Å². The molecule has 1 aromatic heterocycles. The van der Waals surface area contributed by atoms with Crippen molar-refractivity contribution in [1.82, 2.24) is 15.5 Å². The van der Waals surface area contributed by atoms with Crippen molar-refractivity contribution < 1.29 is 12.9 Å². The summed E-state index contributed by atoms with van der Waals surface area (Å²) in [5.74, 6) is 1.14. The predicted molar refractivity (Wildman–Crippen MR) is 69.1 cm³/mol. The van der Waals surface area contributed by atoms with Crippen LogP contribution >= 0.6 is 0 Å². The molecule has 0 atom stereocenters. The summed E-state index contributed by atoms with van der Waals surface area (Å²) in [5.41, 5.74) is 0.993. The molecule has 2 rings (SSSR count). The molecule has 0 bridgehead atoms. The minimum absolute atomic E-state index is 0.324. The second-order valence-corrected chi connectivity index (χ2v) is 6.27. The zero-order valence-corrected chi connectivity index (χ0v) is 11.6. The normalized spacial score (nSPS) is 11.7. The fourth-order valence-corrected chi connectivity index (χ4v) is 2.22. The van der Waals surface area contributed by atoms with Crippen molar-refractivity contribution in [2.24, 2.45) is 0 Å². The fourth-order valence-electron chi connectivity index (χ4n) is 1.59. The summed E-state index contributed by atoms with van der Waals surface area (Å²) in [6.07, 6.45) is 1.19. The molecule has 0 radical (unpaired) electrons. The first-order valence-electron chi connectivity index (χ1n) is 5.74. The van der Waals surface area contributed by atoms with Crippen LogP contribution in [0.25, 0.3) is 0 Å². The van der Waals surface area contributed by atoms with Gasteiger partial charge >= 0.3 is 0 Å². The van der Waals surface area contributed by atoms with Gasteiger partial charge in [0.2, 0.25) is 5.89 Å². The molecule has 0 aliphatic heterocycles. The summed E-state index contributed by atoms with van der Waals surface area (Å²) in [6, 6.07) is 6.77. The van der Waals surface area contributed by atoms with Gasteiger partial charge in [-0.15, -0.1) is 0 Å². The van der Waals surface area contributed by atoms with Gasteiger partial charge in [0.05, 0.1) is 11.4 Å². The molecule has 0 aliphatic carbocycles. The van der Waals surface area contributed by atoms with E-state index in [2.05, 4.69) is 15.5 Å². The van der Waals surface area contributed by atoms with Crippen LogP contribution in [0.1, 0.15) is 17.3 Å². The Morgan fingerprint density at radius 3 is 2.42 bits per heavy atom. The molecule has 1 aromatic carbocycles. The minimum atomic E-state index is -3.13. The van der Waals surface area contributed by atoms with Crippen LogP contribution in [0.15, 0.2) is 33.7 Å². The molecule has 1 N–H and O–H groups in total. The Labute approximate surface area is 111 Å². The highest BCUT2D eigenvalue weighted by molar-refractivity contribution is 7.90. The summed E-state index contributed by atoms with van der Waals surface area (Å²) >= 11 is 0. The minimum Gasteiger partial charge on any atom is -0.340 e. The molecule has 2 aromatic rings. The summed E-state index contributed by atoms with van der Waals surface area (Å²) in [7, 11) is -3.13. The van der Waals surface area contributed by atoms with Crippen LogP contribution in [0.3, 0.4) is 0 Å². The second kappa shape index (κ2) is 5.50. The van der Waals surface area contributed by atoms with E-state index in [1.54, 1.807) is 31.2 Å². The molecule has 0 fully saturated rings. The molecule has 0 saturated heterocycles. The number of sulfone groups is 1. The number of nitrogens with zero attached hydrogens (tertiary/aromatic N) is 2. The Bertz CT molecular complexity index is 647. The van der Waals surface area contributed by atoms with Gasteiger partial charge in [-0.05, 0) is 17.7 Å².